The van der Waals surface area contributed by atoms with Crippen LogP contribution in [0.1, 0.15) is 31.2 Å². The third kappa shape index (κ3) is 2.49. The van der Waals surface area contributed by atoms with Gasteiger partial charge in [0.1, 0.15) is 5.52 Å². The zero-order chi connectivity index (χ0) is 13.9. The van der Waals surface area contributed by atoms with Gasteiger partial charge in [0.15, 0.2) is 5.82 Å². The van der Waals surface area contributed by atoms with Crippen molar-refractivity contribution in [3.63, 3.8) is 0 Å². The van der Waals surface area contributed by atoms with Gasteiger partial charge in [0.25, 0.3) is 0 Å². The summed E-state index contributed by atoms with van der Waals surface area (Å²) in [6, 6.07) is 2.09. The van der Waals surface area contributed by atoms with Gasteiger partial charge in [0.05, 0.1) is 12.0 Å². The van der Waals surface area contributed by atoms with Gasteiger partial charge >= 0.3 is 0 Å². The highest BCUT2D eigenvalue weighted by atomic mass is 15.2. The summed E-state index contributed by atoms with van der Waals surface area (Å²) in [5.41, 5.74) is 3.20. The molecule has 6 nitrogen and oxygen atoms in total. The molecule has 0 unspecified atom stereocenters. The number of fused-ring (bicyclic) bond motifs is 1. The summed E-state index contributed by atoms with van der Waals surface area (Å²) in [6.07, 6.45) is 8.06. The molecule has 0 fully saturated rings. The largest absolute Gasteiger partial charge is 0.368 e. The molecule has 20 heavy (non-hydrogen) atoms. The van der Waals surface area contributed by atoms with Crippen LogP contribution in [0, 0.1) is 0 Å². The third-order valence-electron chi connectivity index (χ3n) is 3.24. The minimum Gasteiger partial charge on any atom is -0.368 e. The lowest BCUT2D eigenvalue weighted by Gasteiger charge is -2.05. The van der Waals surface area contributed by atoms with Gasteiger partial charge in [-0.1, -0.05) is 13.8 Å². The lowest BCUT2D eigenvalue weighted by Crippen LogP contribution is -2.07. The zero-order valence-corrected chi connectivity index (χ0v) is 11.7. The Morgan fingerprint density at radius 2 is 2.30 bits per heavy atom. The number of aromatic nitrogens is 5. The molecule has 3 aromatic heterocycles. The first-order valence-electron chi connectivity index (χ1n) is 6.79. The molecule has 0 aromatic carbocycles. The molecule has 0 aliphatic rings. The van der Waals surface area contributed by atoms with Crippen molar-refractivity contribution >= 4 is 11.3 Å². The first-order chi connectivity index (χ1) is 9.74. The van der Waals surface area contributed by atoms with E-state index in [2.05, 4.69) is 45.3 Å². The van der Waals surface area contributed by atoms with Crippen molar-refractivity contribution in [2.45, 2.75) is 26.2 Å². The van der Waals surface area contributed by atoms with Crippen molar-refractivity contribution < 1.29 is 0 Å². The monoisotopic (exact) mass is 270 g/mol. The number of H-pyrrole nitrogens is 1. The summed E-state index contributed by atoms with van der Waals surface area (Å²) in [5.74, 6) is 1.28. The van der Waals surface area contributed by atoms with E-state index >= 15 is 0 Å². The van der Waals surface area contributed by atoms with Gasteiger partial charge in [0, 0.05) is 37.3 Å². The maximum Gasteiger partial charge on any atom is 0.152 e. The van der Waals surface area contributed by atoms with Crippen LogP contribution in [0.2, 0.25) is 0 Å². The Hall–Kier alpha value is -2.37. The fourth-order valence-corrected chi connectivity index (χ4v) is 2.10. The van der Waals surface area contributed by atoms with Gasteiger partial charge in [-0.25, -0.2) is 14.5 Å². The van der Waals surface area contributed by atoms with Crippen LogP contribution < -0.4 is 5.32 Å². The molecule has 0 amide bonds. The van der Waals surface area contributed by atoms with E-state index in [1.807, 2.05) is 16.9 Å². The van der Waals surface area contributed by atoms with E-state index in [-0.39, 0.29) is 0 Å². The Labute approximate surface area is 117 Å². The summed E-state index contributed by atoms with van der Waals surface area (Å²) >= 11 is 0. The number of anilines is 1. The average molecular weight is 270 g/mol. The summed E-state index contributed by atoms with van der Waals surface area (Å²) in [5, 5.41) is 7.91. The number of hydrogen-bond acceptors (Lipinski definition) is 4. The number of nitrogens with zero attached hydrogens (tertiary/aromatic N) is 4. The van der Waals surface area contributed by atoms with E-state index in [0.29, 0.717) is 5.92 Å². The van der Waals surface area contributed by atoms with E-state index in [0.717, 1.165) is 35.7 Å². The van der Waals surface area contributed by atoms with Crippen LogP contribution in [0.25, 0.3) is 5.52 Å². The Kier molecular flexibility index (Phi) is 3.37. The fourth-order valence-electron chi connectivity index (χ4n) is 2.10. The molecule has 3 aromatic rings. The Morgan fingerprint density at radius 3 is 3.05 bits per heavy atom. The molecule has 0 aliphatic heterocycles. The van der Waals surface area contributed by atoms with E-state index in [1.165, 1.54) is 0 Å². The number of hydrogen-bond donors (Lipinski definition) is 2. The van der Waals surface area contributed by atoms with Crippen molar-refractivity contribution in [2.24, 2.45) is 0 Å². The van der Waals surface area contributed by atoms with Crippen molar-refractivity contribution in [1.29, 1.82) is 0 Å². The maximum absolute atomic E-state index is 4.55. The minimum absolute atomic E-state index is 0.410. The molecule has 2 N–H and O–H groups in total. The Balaban J connectivity index is 1.77. The van der Waals surface area contributed by atoms with E-state index in [4.69, 9.17) is 0 Å². The zero-order valence-electron chi connectivity index (χ0n) is 11.7. The smallest absolute Gasteiger partial charge is 0.152 e. The number of imidazole rings is 1. The molecule has 104 valence electrons. The predicted molar refractivity (Wildman–Crippen MR) is 77.9 cm³/mol. The van der Waals surface area contributed by atoms with Gasteiger partial charge in [0.2, 0.25) is 0 Å². The van der Waals surface area contributed by atoms with E-state index < -0.39 is 0 Å². The standard InChI is InChI=1S/C14H18N6/c1-10(2)12-7-13-14(17-5-6-20(13)19-12)16-4-3-11-8-15-9-18-11/h5-10H,3-4H2,1-2H3,(H,15,18)(H,16,17). The highest BCUT2D eigenvalue weighted by Crippen LogP contribution is 2.19. The minimum atomic E-state index is 0.410. The highest BCUT2D eigenvalue weighted by molar-refractivity contribution is 5.67. The van der Waals surface area contributed by atoms with Crippen LogP contribution in [0.3, 0.4) is 0 Å². The second kappa shape index (κ2) is 5.32. The van der Waals surface area contributed by atoms with Crippen molar-refractivity contribution in [1.82, 2.24) is 24.6 Å². The third-order valence-corrected chi connectivity index (χ3v) is 3.24. The first-order valence-corrected chi connectivity index (χ1v) is 6.79. The van der Waals surface area contributed by atoms with Crippen LogP contribution in [0.4, 0.5) is 5.82 Å². The second-order valence-electron chi connectivity index (χ2n) is 5.08. The average Bonchev–Trinajstić information content (AvgIpc) is 3.07. The lowest BCUT2D eigenvalue weighted by molar-refractivity contribution is 0.787. The molecule has 0 bridgehead atoms. The Bertz CT molecular complexity index is 683. The molecular formula is C14H18N6. The van der Waals surface area contributed by atoms with Crippen LogP contribution >= 0.6 is 0 Å². The van der Waals surface area contributed by atoms with E-state index in [9.17, 15) is 0 Å². The van der Waals surface area contributed by atoms with Gasteiger partial charge in [-0.2, -0.15) is 5.10 Å². The summed E-state index contributed by atoms with van der Waals surface area (Å²) in [4.78, 5) is 11.5. The molecule has 0 saturated heterocycles. The SMILES string of the molecule is CC(C)c1cc2c(NCCc3cnc[nH]3)nccn2n1. The lowest BCUT2D eigenvalue weighted by atomic mass is 10.1. The van der Waals surface area contributed by atoms with E-state index in [1.54, 1.807) is 12.5 Å². The van der Waals surface area contributed by atoms with Gasteiger partial charge in [-0.3, -0.25) is 0 Å². The van der Waals surface area contributed by atoms with Crippen LogP contribution in [0.15, 0.2) is 31.0 Å². The van der Waals surface area contributed by atoms with Crippen molar-refractivity contribution in [2.75, 3.05) is 11.9 Å². The first kappa shape index (κ1) is 12.7. The molecular weight excluding hydrogens is 252 g/mol. The number of aromatic amines is 1. The summed E-state index contributed by atoms with van der Waals surface area (Å²) in [6.45, 7) is 5.08. The van der Waals surface area contributed by atoms with Gasteiger partial charge in [-0.15, -0.1) is 0 Å². The Morgan fingerprint density at radius 1 is 1.40 bits per heavy atom. The molecule has 0 radical (unpaired) electrons. The normalized spacial score (nSPS) is 11.3. The fraction of sp³-hybridized carbons (Fsp3) is 0.357. The number of nitrogens with one attached hydrogen (secondary N) is 2. The molecule has 6 heteroatoms. The van der Waals surface area contributed by atoms with Crippen molar-refractivity contribution in [3.8, 4) is 0 Å². The molecule has 0 spiro atoms. The van der Waals surface area contributed by atoms with Gasteiger partial charge in [-0.05, 0) is 12.0 Å². The van der Waals surface area contributed by atoms with Gasteiger partial charge < -0.3 is 10.3 Å². The summed E-state index contributed by atoms with van der Waals surface area (Å²) < 4.78 is 1.88. The molecule has 0 saturated carbocycles. The molecule has 3 rings (SSSR count). The molecule has 0 atom stereocenters. The maximum atomic E-state index is 4.55. The van der Waals surface area contributed by atoms with Crippen LogP contribution in [-0.2, 0) is 6.42 Å². The topological polar surface area (TPSA) is 70.9 Å². The van der Waals surface area contributed by atoms with Crippen molar-refractivity contribution in [3.05, 3.63) is 42.4 Å². The number of rotatable bonds is 5. The second-order valence-corrected chi connectivity index (χ2v) is 5.08. The molecule has 0 aliphatic carbocycles. The molecule has 3 heterocycles. The predicted octanol–water partition coefficient (Wildman–Crippen LogP) is 2.23. The highest BCUT2D eigenvalue weighted by Gasteiger charge is 2.09. The van der Waals surface area contributed by atoms with Crippen LogP contribution in [0.5, 0.6) is 0 Å². The quantitative estimate of drug-likeness (QED) is 0.746. The van der Waals surface area contributed by atoms with Crippen LogP contribution in [-0.4, -0.2) is 31.1 Å². The summed E-state index contributed by atoms with van der Waals surface area (Å²) in [7, 11) is 0.